The van der Waals surface area contributed by atoms with E-state index in [4.69, 9.17) is 19.9 Å². The van der Waals surface area contributed by atoms with Crippen LogP contribution in [0.5, 0.6) is 0 Å². The number of anilines is 1. The number of ether oxygens (including phenoxy) is 3. The molecule has 37 heavy (non-hydrogen) atoms. The van der Waals surface area contributed by atoms with Crippen LogP contribution in [0.3, 0.4) is 0 Å². The van der Waals surface area contributed by atoms with Crippen LogP contribution in [0.4, 0.5) is 10.6 Å². The molecule has 0 aliphatic carbocycles. The first-order valence-corrected chi connectivity index (χ1v) is 13.8. The number of likely N-dealkylation sites (tertiary alicyclic amines) is 1. The Hall–Kier alpha value is -2.64. The Kier molecular flexibility index (Phi) is 7.72. The summed E-state index contributed by atoms with van der Waals surface area (Å²) in [5.41, 5.74) is 11.7. The lowest BCUT2D eigenvalue weighted by Gasteiger charge is -2.32. The van der Waals surface area contributed by atoms with E-state index in [0.29, 0.717) is 24.2 Å². The number of pyridine rings is 1. The summed E-state index contributed by atoms with van der Waals surface area (Å²) < 4.78 is 17.0. The SMILES string of the molecule is CC(C)(C)OC(=O)N1CCC[C@H]1c1cc(-c2cnc(N)c(C3CCOCC3)c2)ccc1C1CCOCC1. The van der Waals surface area contributed by atoms with Gasteiger partial charge in [-0.05, 0) is 106 Å². The number of nitrogens with zero attached hydrogens (tertiary/aromatic N) is 2. The highest BCUT2D eigenvalue weighted by atomic mass is 16.6. The van der Waals surface area contributed by atoms with Crippen molar-refractivity contribution in [3.63, 3.8) is 0 Å². The smallest absolute Gasteiger partial charge is 0.410 e. The van der Waals surface area contributed by atoms with E-state index in [2.05, 4.69) is 29.2 Å². The first kappa shape index (κ1) is 26.0. The van der Waals surface area contributed by atoms with Crippen LogP contribution in [-0.2, 0) is 14.2 Å². The van der Waals surface area contributed by atoms with Crippen molar-refractivity contribution in [2.75, 3.05) is 38.7 Å². The molecule has 0 unspecified atom stereocenters. The van der Waals surface area contributed by atoms with Crippen molar-refractivity contribution in [3.05, 3.63) is 47.2 Å². The molecule has 0 radical (unpaired) electrons. The van der Waals surface area contributed by atoms with E-state index in [1.54, 1.807) is 0 Å². The zero-order chi connectivity index (χ0) is 26.0. The van der Waals surface area contributed by atoms with Crippen LogP contribution in [0, 0.1) is 0 Å². The van der Waals surface area contributed by atoms with Gasteiger partial charge in [0.1, 0.15) is 11.4 Å². The number of nitrogen functional groups attached to an aromatic ring is 1. The molecule has 3 aliphatic rings. The molecular formula is C30H41N3O4. The van der Waals surface area contributed by atoms with Crippen molar-refractivity contribution in [1.29, 1.82) is 0 Å². The van der Waals surface area contributed by atoms with Crippen molar-refractivity contribution < 1.29 is 19.0 Å². The second kappa shape index (κ2) is 11.0. The fourth-order valence-corrected chi connectivity index (χ4v) is 6.04. The van der Waals surface area contributed by atoms with Crippen molar-refractivity contribution in [1.82, 2.24) is 9.88 Å². The Morgan fingerprint density at radius 1 is 0.919 bits per heavy atom. The maximum atomic E-state index is 13.2. The topological polar surface area (TPSA) is 86.9 Å². The molecule has 1 aromatic carbocycles. The lowest BCUT2D eigenvalue weighted by Crippen LogP contribution is -2.36. The van der Waals surface area contributed by atoms with Gasteiger partial charge in [-0.2, -0.15) is 0 Å². The predicted octanol–water partition coefficient (Wildman–Crippen LogP) is 6.19. The molecule has 5 rings (SSSR count). The van der Waals surface area contributed by atoms with Gasteiger partial charge in [0, 0.05) is 44.7 Å². The van der Waals surface area contributed by atoms with Crippen LogP contribution >= 0.6 is 0 Å². The molecule has 3 fully saturated rings. The number of hydrogen-bond acceptors (Lipinski definition) is 6. The lowest BCUT2D eigenvalue weighted by molar-refractivity contribution is 0.0222. The van der Waals surface area contributed by atoms with Crippen LogP contribution in [0.15, 0.2) is 30.5 Å². The van der Waals surface area contributed by atoms with Gasteiger partial charge in [0.2, 0.25) is 0 Å². The van der Waals surface area contributed by atoms with Crippen molar-refractivity contribution in [3.8, 4) is 11.1 Å². The van der Waals surface area contributed by atoms with Gasteiger partial charge in [0.05, 0.1) is 6.04 Å². The van der Waals surface area contributed by atoms with Crippen LogP contribution in [0.25, 0.3) is 11.1 Å². The minimum Gasteiger partial charge on any atom is -0.444 e. The Labute approximate surface area is 220 Å². The van der Waals surface area contributed by atoms with Gasteiger partial charge in [-0.3, -0.25) is 0 Å². The van der Waals surface area contributed by atoms with Crippen LogP contribution in [0.2, 0.25) is 0 Å². The summed E-state index contributed by atoms with van der Waals surface area (Å²) in [5.74, 6) is 1.42. The monoisotopic (exact) mass is 507 g/mol. The predicted molar refractivity (Wildman–Crippen MR) is 145 cm³/mol. The zero-order valence-electron chi connectivity index (χ0n) is 22.5. The summed E-state index contributed by atoms with van der Waals surface area (Å²) in [6, 6.07) is 8.99. The third-order valence-corrected chi connectivity index (χ3v) is 7.93. The van der Waals surface area contributed by atoms with E-state index >= 15 is 0 Å². The highest BCUT2D eigenvalue weighted by molar-refractivity contribution is 5.71. The molecule has 200 valence electrons. The second-order valence-electron chi connectivity index (χ2n) is 11.6. The molecule has 1 aromatic heterocycles. The molecule has 7 nitrogen and oxygen atoms in total. The van der Waals surface area contributed by atoms with Crippen molar-refractivity contribution in [2.45, 2.75) is 82.8 Å². The quantitative estimate of drug-likeness (QED) is 0.531. The fraction of sp³-hybridized carbons (Fsp3) is 0.600. The van der Waals surface area contributed by atoms with E-state index < -0.39 is 5.60 Å². The van der Waals surface area contributed by atoms with E-state index in [1.165, 1.54) is 11.1 Å². The summed E-state index contributed by atoms with van der Waals surface area (Å²) in [5, 5.41) is 0. The maximum absolute atomic E-state index is 13.2. The molecule has 2 aromatic rings. The summed E-state index contributed by atoms with van der Waals surface area (Å²) >= 11 is 0. The van der Waals surface area contributed by atoms with E-state index in [1.807, 2.05) is 31.9 Å². The third-order valence-electron chi connectivity index (χ3n) is 7.93. The first-order valence-electron chi connectivity index (χ1n) is 13.8. The normalized spacial score (nSPS) is 21.8. The minimum absolute atomic E-state index is 0.00403. The van der Waals surface area contributed by atoms with Crippen LogP contribution in [0.1, 0.15) is 93.9 Å². The average molecular weight is 508 g/mol. The Morgan fingerprint density at radius 3 is 2.19 bits per heavy atom. The Morgan fingerprint density at radius 2 is 1.54 bits per heavy atom. The van der Waals surface area contributed by atoms with Gasteiger partial charge in [0.15, 0.2) is 0 Å². The van der Waals surface area contributed by atoms with E-state index in [9.17, 15) is 4.79 Å². The summed E-state index contributed by atoms with van der Waals surface area (Å²) in [6.45, 7) is 9.58. The highest BCUT2D eigenvalue weighted by Gasteiger charge is 2.35. The number of carbonyl (C=O) groups is 1. The van der Waals surface area contributed by atoms with E-state index in [-0.39, 0.29) is 12.1 Å². The number of nitrogens with two attached hydrogens (primary N) is 1. The van der Waals surface area contributed by atoms with Gasteiger partial charge in [-0.15, -0.1) is 0 Å². The molecule has 0 saturated carbocycles. The number of rotatable bonds is 4. The molecule has 3 aliphatic heterocycles. The summed E-state index contributed by atoms with van der Waals surface area (Å²) in [4.78, 5) is 19.7. The first-order chi connectivity index (χ1) is 17.8. The minimum atomic E-state index is -0.522. The zero-order valence-corrected chi connectivity index (χ0v) is 22.5. The van der Waals surface area contributed by atoms with Gasteiger partial charge < -0.3 is 24.8 Å². The van der Waals surface area contributed by atoms with Crippen molar-refractivity contribution >= 4 is 11.9 Å². The lowest BCUT2D eigenvalue weighted by atomic mass is 9.83. The summed E-state index contributed by atoms with van der Waals surface area (Å²) in [6.07, 6.45) is 7.50. The number of aromatic nitrogens is 1. The van der Waals surface area contributed by atoms with Crippen LogP contribution < -0.4 is 5.73 Å². The van der Waals surface area contributed by atoms with Crippen molar-refractivity contribution in [2.24, 2.45) is 0 Å². The Bertz CT molecular complexity index is 1100. The molecular weight excluding hydrogens is 466 g/mol. The fourth-order valence-electron chi connectivity index (χ4n) is 6.04. The van der Waals surface area contributed by atoms with Gasteiger partial charge in [0.25, 0.3) is 0 Å². The molecule has 1 amide bonds. The highest BCUT2D eigenvalue weighted by Crippen LogP contribution is 2.42. The number of benzene rings is 1. The molecule has 4 heterocycles. The Balaban J connectivity index is 1.52. The molecule has 0 bridgehead atoms. The molecule has 1 atom stereocenters. The number of amides is 1. The standard InChI is InChI=1S/C30H41N3O4/c1-30(2,3)37-29(34)33-12-4-5-27(33)26-17-22(6-7-24(26)20-8-13-35-14-9-20)23-18-25(28(31)32-19-23)21-10-15-36-16-11-21/h6-7,17-21,27H,4-5,8-16H2,1-3H3,(H2,31,32)/t27-/m0/s1. The van der Waals surface area contributed by atoms with E-state index in [0.717, 1.165) is 81.6 Å². The van der Waals surface area contributed by atoms with Crippen LogP contribution in [-0.4, -0.2) is 54.6 Å². The van der Waals surface area contributed by atoms with Gasteiger partial charge in [-0.25, -0.2) is 9.78 Å². The summed E-state index contributed by atoms with van der Waals surface area (Å²) in [7, 11) is 0. The average Bonchev–Trinajstić information content (AvgIpc) is 3.39. The molecule has 7 heteroatoms. The van der Waals surface area contributed by atoms with Gasteiger partial charge in [-0.1, -0.05) is 12.1 Å². The number of hydrogen-bond donors (Lipinski definition) is 1. The third kappa shape index (κ3) is 5.93. The van der Waals surface area contributed by atoms with Gasteiger partial charge >= 0.3 is 6.09 Å². The number of carbonyl (C=O) groups excluding carboxylic acids is 1. The molecule has 0 spiro atoms. The molecule has 3 saturated heterocycles. The second-order valence-corrected chi connectivity index (χ2v) is 11.6. The maximum Gasteiger partial charge on any atom is 0.410 e. The molecule has 2 N–H and O–H groups in total. The largest absolute Gasteiger partial charge is 0.444 e.